The molecule has 0 aliphatic heterocycles. The molecule has 0 radical (unpaired) electrons. The Morgan fingerprint density at radius 3 is 1.39 bits per heavy atom. The van der Waals surface area contributed by atoms with Gasteiger partial charge >= 0.3 is 0 Å². The van der Waals surface area contributed by atoms with Gasteiger partial charge < -0.3 is 0 Å². The molecule has 0 amide bonds. The molecule has 286 valence electrons. The summed E-state index contributed by atoms with van der Waals surface area (Å²) in [4.78, 5) is 11.0. The molecule has 0 saturated heterocycles. The number of hydrogen-bond acceptors (Lipinski definition) is 3. The van der Waals surface area contributed by atoms with E-state index < -0.39 is 0 Å². The van der Waals surface area contributed by atoms with Crippen molar-refractivity contribution in [2.24, 2.45) is 0 Å². The summed E-state index contributed by atoms with van der Waals surface area (Å²) < 4.78 is 2.12. The third-order valence-corrected chi connectivity index (χ3v) is 11.4. The normalized spacial score (nSPS) is 11.3. The molecular weight excluding hydrogens is 741 g/mol. The second-order valence-corrected chi connectivity index (χ2v) is 15.2. The fourth-order valence-corrected chi connectivity index (χ4v) is 8.59. The van der Waals surface area contributed by atoms with Crippen molar-refractivity contribution in [1.82, 2.24) is 19.7 Å². The van der Waals surface area contributed by atoms with Crippen LogP contribution in [0.4, 0.5) is 0 Å². The van der Waals surface area contributed by atoms with Crippen LogP contribution in [0.2, 0.25) is 0 Å². The highest BCUT2D eigenvalue weighted by atomic mass is 15.3. The highest BCUT2D eigenvalue weighted by Crippen LogP contribution is 2.48. The van der Waals surface area contributed by atoms with E-state index in [1.54, 1.807) is 0 Å². The van der Waals surface area contributed by atoms with Crippen molar-refractivity contribution >= 4 is 21.7 Å². The molecule has 0 aliphatic rings. The number of aromatic nitrogens is 4. The molecule has 0 saturated carbocycles. The molecule has 0 spiro atoms. The highest BCUT2D eigenvalue weighted by Gasteiger charge is 2.27. The number of benzene rings is 9. The Morgan fingerprint density at radius 1 is 0.311 bits per heavy atom. The van der Waals surface area contributed by atoms with Crippen LogP contribution in [0.1, 0.15) is 0 Å². The predicted octanol–water partition coefficient (Wildman–Crippen LogP) is 14.6. The van der Waals surface area contributed by atoms with E-state index in [2.05, 4.69) is 223 Å². The van der Waals surface area contributed by atoms with Gasteiger partial charge in [0.2, 0.25) is 0 Å². The second-order valence-electron chi connectivity index (χ2n) is 15.2. The minimum atomic E-state index is 0.654. The molecule has 61 heavy (non-hydrogen) atoms. The molecule has 11 rings (SSSR count). The van der Waals surface area contributed by atoms with Gasteiger partial charge in [0.25, 0.3) is 0 Å². The van der Waals surface area contributed by atoms with Gasteiger partial charge in [-0.25, -0.2) is 14.6 Å². The van der Waals surface area contributed by atoms with Crippen molar-refractivity contribution in [3.05, 3.63) is 231 Å². The fraction of sp³-hybridized carbons (Fsp3) is 0. The van der Waals surface area contributed by atoms with Crippen LogP contribution in [0.25, 0.3) is 106 Å². The first-order valence-electron chi connectivity index (χ1n) is 20.6. The van der Waals surface area contributed by atoms with Crippen LogP contribution < -0.4 is 0 Å². The smallest absolute Gasteiger partial charge is 0.160 e. The zero-order valence-electron chi connectivity index (χ0n) is 33.2. The van der Waals surface area contributed by atoms with Crippen LogP contribution in [-0.2, 0) is 0 Å². The molecule has 0 unspecified atom stereocenters. The first kappa shape index (κ1) is 35.9. The summed E-state index contributed by atoms with van der Waals surface area (Å²) in [5.74, 6) is 0.654. The average molecular weight is 779 g/mol. The van der Waals surface area contributed by atoms with E-state index in [0.29, 0.717) is 5.82 Å². The van der Waals surface area contributed by atoms with Crippen LogP contribution in [0.3, 0.4) is 0 Å². The van der Waals surface area contributed by atoms with E-state index >= 15 is 0 Å². The lowest BCUT2D eigenvalue weighted by Crippen LogP contribution is -2.00. The number of fused-ring (bicyclic) bond motifs is 3. The number of rotatable bonds is 8. The molecule has 0 N–H and O–H groups in total. The standard InChI is InChI=1S/C57H38N4/c1-6-20-39(21-7-1)43-28-18-30-45(36-43)50-38-51(59-57(58-50)46-31-19-29-44(37-46)40-22-8-2-9-23-40)53-48-34-16-17-35-49(48)56-54(52(53)41-24-10-3-11-25-41)55(42-26-12-4-13-27-42)60-61(56)47-32-14-5-15-33-47/h1-38H. The van der Waals surface area contributed by atoms with Gasteiger partial charge in [-0.05, 0) is 63.5 Å². The van der Waals surface area contributed by atoms with Gasteiger partial charge in [-0.3, -0.25) is 0 Å². The quantitative estimate of drug-likeness (QED) is 0.154. The molecule has 0 bridgehead atoms. The first-order chi connectivity index (χ1) is 30.3. The SMILES string of the molecule is c1ccc(-c2cccc(-c3cc(-c4c(-c5ccccc5)c5c(-c6ccccc6)nn(-c6ccccc6)c5c5ccccc45)nc(-c4cccc(-c5ccccc5)c4)n3)c2)cc1. The number of nitrogens with zero attached hydrogens (tertiary/aromatic N) is 4. The van der Waals surface area contributed by atoms with Gasteiger partial charge in [0.15, 0.2) is 5.82 Å². The summed E-state index contributed by atoms with van der Waals surface area (Å²) in [5.41, 5.74) is 15.3. The van der Waals surface area contributed by atoms with E-state index in [0.717, 1.165) is 100 Å². The Labute approximate surface area is 354 Å². The van der Waals surface area contributed by atoms with Gasteiger partial charge in [0.1, 0.15) is 5.69 Å². The lowest BCUT2D eigenvalue weighted by Gasteiger charge is -2.19. The molecule has 4 heteroatoms. The van der Waals surface area contributed by atoms with Crippen LogP contribution in [-0.4, -0.2) is 19.7 Å². The Kier molecular flexibility index (Phi) is 9.14. The van der Waals surface area contributed by atoms with Gasteiger partial charge in [-0.2, -0.15) is 5.10 Å². The molecule has 11 aromatic rings. The zero-order valence-corrected chi connectivity index (χ0v) is 33.2. The van der Waals surface area contributed by atoms with E-state index in [-0.39, 0.29) is 0 Å². The Morgan fingerprint density at radius 2 is 0.770 bits per heavy atom. The minimum Gasteiger partial charge on any atom is -0.232 e. The summed E-state index contributed by atoms with van der Waals surface area (Å²) in [6.45, 7) is 0. The Bertz CT molecular complexity index is 3220. The molecule has 0 fully saturated rings. The predicted molar refractivity (Wildman–Crippen MR) is 252 cm³/mol. The second kappa shape index (κ2) is 15.5. The van der Waals surface area contributed by atoms with Gasteiger partial charge in [-0.15, -0.1) is 0 Å². The molecule has 0 aliphatic carbocycles. The van der Waals surface area contributed by atoms with Crippen molar-refractivity contribution < 1.29 is 0 Å². The average Bonchev–Trinajstić information content (AvgIpc) is 3.76. The molecule has 9 aromatic carbocycles. The molecule has 2 aromatic heterocycles. The van der Waals surface area contributed by atoms with Crippen LogP contribution in [0.5, 0.6) is 0 Å². The van der Waals surface area contributed by atoms with E-state index in [1.807, 2.05) is 12.1 Å². The molecule has 2 heterocycles. The Hall–Kier alpha value is -8.21. The lowest BCUT2D eigenvalue weighted by molar-refractivity contribution is 0.918. The summed E-state index contributed by atoms with van der Waals surface area (Å²) in [5, 5.41) is 8.72. The Balaban J connectivity index is 1.26. The minimum absolute atomic E-state index is 0.654. The van der Waals surface area contributed by atoms with Crippen LogP contribution in [0.15, 0.2) is 231 Å². The maximum Gasteiger partial charge on any atom is 0.160 e. The fourth-order valence-electron chi connectivity index (χ4n) is 8.59. The van der Waals surface area contributed by atoms with Crippen LogP contribution >= 0.6 is 0 Å². The van der Waals surface area contributed by atoms with Crippen molar-refractivity contribution in [3.63, 3.8) is 0 Å². The highest BCUT2D eigenvalue weighted by molar-refractivity contribution is 6.23. The lowest BCUT2D eigenvalue weighted by atomic mass is 9.86. The van der Waals surface area contributed by atoms with Crippen LogP contribution in [0, 0.1) is 0 Å². The van der Waals surface area contributed by atoms with Crippen molar-refractivity contribution in [3.8, 4) is 84.2 Å². The van der Waals surface area contributed by atoms with Gasteiger partial charge in [0, 0.05) is 38.6 Å². The third kappa shape index (κ3) is 6.67. The molecule has 0 atom stereocenters. The summed E-state index contributed by atoms with van der Waals surface area (Å²) >= 11 is 0. The van der Waals surface area contributed by atoms with Gasteiger partial charge in [-0.1, -0.05) is 200 Å². The molecule has 4 nitrogen and oxygen atoms in total. The van der Waals surface area contributed by atoms with E-state index in [1.165, 1.54) is 0 Å². The third-order valence-electron chi connectivity index (χ3n) is 11.4. The number of hydrogen-bond donors (Lipinski definition) is 0. The summed E-state index contributed by atoms with van der Waals surface area (Å²) in [7, 11) is 0. The van der Waals surface area contributed by atoms with E-state index in [4.69, 9.17) is 15.1 Å². The monoisotopic (exact) mass is 778 g/mol. The molecular formula is C57H38N4. The summed E-state index contributed by atoms with van der Waals surface area (Å²) in [6, 6.07) is 80.9. The number of para-hydroxylation sites is 1. The van der Waals surface area contributed by atoms with Crippen molar-refractivity contribution in [2.45, 2.75) is 0 Å². The largest absolute Gasteiger partial charge is 0.232 e. The maximum absolute atomic E-state index is 5.59. The van der Waals surface area contributed by atoms with E-state index in [9.17, 15) is 0 Å². The maximum atomic E-state index is 5.59. The van der Waals surface area contributed by atoms with Crippen molar-refractivity contribution in [2.75, 3.05) is 0 Å². The summed E-state index contributed by atoms with van der Waals surface area (Å²) in [6.07, 6.45) is 0. The zero-order chi connectivity index (χ0) is 40.5. The van der Waals surface area contributed by atoms with Crippen molar-refractivity contribution in [1.29, 1.82) is 0 Å². The first-order valence-corrected chi connectivity index (χ1v) is 20.6. The van der Waals surface area contributed by atoms with Gasteiger partial charge in [0.05, 0.1) is 22.6 Å². The topological polar surface area (TPSA) is 43.6 Å².